The van der Waals surface area contributed by atoms with Gasteiger partial charge in [-0.2, -0.15) is 0 Å². The summed E-state index contributed by atoms with van der Waals surface area (Å²) in [6, 6.07) is 1.84. The summed E-state index contributed by atoms with van der Waals surface area (Å²) in [4.78, 5) is 40.0. The molecule has 0 fully saturated rings. The standard InChI is InChI=1S/C28H42N2O8/c1-2-3-4-5-6-7-8-9-12-19(20-15-16-30-17-21(20)27(29)35)13-10-11-14-23(33)37-26-24(34)28(36)38-25(26)22(32)18-31/h15-17,19,22,25,31-32,34H,2-14,18H2,1H3,(H2,29,35)/t19?,22-,25+/m0/s1. The number of cyclic esters (lactones) is 1. The minimum Gasteiger partial charge on any atom is -0.499 e. The molecule has 10 nitrogen and oxygen atoms in total. The summed E-state index contributed by atoms with van der Waals surface area (Å²) in [7, 11) is 0. The molecule has 5 N–H and O–H groups in total. The van der Waals surface area contributed by atoms with Crippen LogP contribution in [0.1, 0.15) is 112 Å². The number of ether oxygens (including phenoxy) is 2. The molecule has 2 heterocycles. The molecule has 1 aromatic rings. The maximum atomic E-state index is 12.4. The summed E-state index contributed by atoms with van der Waals surface area (Å²) >= 11 is 0. The lowest BCUT2D eigenvalue weighted by molar-refractivity contribution is -0.151. The second kappa shape index (κ2) is 16.8. The van der Waals surface area contributed by atoms with Crippen LogP contribution in [-0.2, 0) is 19.1 Å². The molecule has 0 saturated heterocycles. The third-order valence-electron chi connectivity index (χ3n) is 6.83. The van der Waals surface area contributed by atoms with Gasteiger partial charge in [0.1, 0.15) is 6.10 Å². The number of hydrogen-bond acceptors (Lipinski definition) is 9. The summed E-state index contributed by atoms with van der Waals surface area (Å²) in [5.74, 6) is -3.63. The van der Waals surface area contributed by atoms with Gasteiger partial charge in [0.25, 0.3) is 5.91 Å². The van der Waals surface area contributed by atoms with Crippen LogP contribution in [0.5, 0.6) is 0 Å². The van der Waals surface area contributed by atoms with E-state index in [-0.39, 0.29) is 12.3 Å². The van der Waals surface area contributed by atoms with Gasteiger partial charge in [0, 0.05) is 18.8 Å². The number of carbonyl (C=O) groups excluding carboxylic acids is 3. The number of primary amides is 1. The molecule has 2 rings (SSSR count). The zero-order valence-corrected chi connectivity index (χ0v) is 22.3. The molecule has 10 heteroatoms. The van der Waals surface area contributed by atoms with E-state index < -0.39 is 48.2 Å². The number of nitrogens with two attached hydrogens (primary N) is 1. The Balaban J connectivity index is 1.89. The minimum absolute atomic E-state index is 0.0103. The summed E-state index contributed by atoms with van der Waals surface area (Å²) in [6.45, 7) is 1.46. The Morgan fingerprint density at radius 1 is 1.08 bits per heavy atom. The van der Waals surface area contributed by atoms with E-state index in [0.29, 0.717) is 18.4 Å². The quantitative estimate of drug-likeness (QED) is 0.152. The van der Waals surface area contributed by atoms with Crippen LogP contribution in [0, 0.1) is 0 Å². The van der Waals surface area contributed by atoms with Crippen molar-refractivity contribution in [3.8, 4) is 0 Å². The highest BCUT2D eigenvalue weighted by Crippen LogP contribution is 2.31. The first kappa shape index (κ1) is 31.2. The summed E-state index contributed by atoms with van der Waals surface area (Å²) in [5.41, 5.74) is 6.88. The average Bonchev–Trinajstić information content (AvgIpc) is 3.19. The van der Waals surface area contributed by atoms with E-state index >= 15 is 0 Å². The van der Waals surface area contributed by atoms with Gasteiger partial charge in [0.05, 0.1) is 12.2 Å². The number of hydrogen-bond donors (Lipinski definition) is 4. The normalized spacial score (nSPS) is 16.8. The molecule has 1 aromatic heterocycles. The highest BCUT2D eigenvalue weighted by Gasteiger charge is 2.41. The molecule has 1 amide bonds. The molecule has 1 aliphatic rings. The van der Waals surface area contributed by atoms with Crippen molar-refractivity contribution < 1.29 is 39.2 Å². The Labute approximate surface area is 224 Å². The van der Waals surface area contributed by atoms with E-state index in [9.17, 15) is 24.6 Å². The number of aromatic nitrogens is 1. The molecule has 38 heavy (non-hydrogen) atoms. The molecule has 1 unspecified atom stereocenters. The van der Waals surface area contributed by atoms with Gasteiger partial charge in [-0.05, 0) is 36.8 Å². The fraction of sp³-hybridized carbons (Fsp3) is 0.643. The van der Waals surface area contributed by atoms with Crippen molar-refractivity contribution in [3.05, 3.63) is 41.1 Å². The minimum atomic E-state index is -1.52. The number of aliphatic hydroxyl groups excluding tert-OH is 3. The SMILES string of the molecule is CCCCCCCCCCC(CCCCC(=O)OC1=C(O)C(=O)O[C@@H]1[C@@H](O)CO)c1ccncc1C(N)=O. The second-order valence-corrected chi connectivity index (χ2v) is 9.80. The van der Waals surface area contributed by atoms with Gasteiger partial charge in [-0.1, -0.05) is 64.7 Å². The smallest absolute Gasteiger partial charge is 0.378 e. The lowest BCUT2D eigenvalue weighted by Crippen LogP contribution is -2.33. The van der Waals surface area contributed by atoms with E-state index in [1.54, 1.807) is 6.20 Å². The Hall–Kier alpha value is -2.98. The van der Waals surface area contributed by atoms with E-state index in [2.05, 4.69) is 11.9 Å². The third-order valence-corrected chi connectivity index (χ3v) is 6.83. The molecule has 0 saturated carbocycles. The number of carbonyl (C=O) groups is 3. The van der Waals surface area contributed by atoms with Crippen LogP contribution < -0.4 is 5.73 Å². The van der Waals surface area contributed by atoms with Crippen molar-refractivity contribution in [2.45, 2.75) is 109 Å². The maximum absolute atomic E-state index is 12.4. The number of amides is 1. The predicted octanol–water partition coefficient (Wildman–Crippen LogP) is 3.95. The first-order chi connectivity index (χ1) is 18.3. The molecule has 1 aliphatic heterocycles. The lowest BCUT2D eigenvalue weighted by atomic mass is 9.86. The second-order valence-electron chi connectivity index (χ2n) is 9.80. The first-order valence-corrected chi connectivity index (χ1v) is 13.7. The van der Waals surface area contributed by atoms with Gasteiger partial charge in [-0.25, -0.2) is 4.79 Å². The molecule has 0 aliphatic carbocycles. The number of unbranched alkanes of at least 4 members (excludes halogenated alkanes) is 8. The zero-order chi connectivity index (χ0) is 27.9. The molecule has 212 valence electrons. The van der Waals surface area contributed by atoms with E-state index in [1.807, 2.05) is 6.07 Å². The maximum Gasteiger partial charge on any atom is 0.378 e. The van der Waals surface area contributed by atoms with E-state index in [0.717, 1.165) is 31.2 Å². The molecule has 0 aromatic carbocycles. The Kier molecular flexibility index (Phi) is 13.8. The van der Waals surface area contributed by atoms with Gasteiger partial charge in [0.2, 0.25) is 11.5 Å². The molecule has 0 spiro atoms. The lowest BCUT2D eigenvalue weighted by Gasteiger charge is -2.20. The zero-order valence-electron chi connectivity index (χ0n) is 22.3. The van der Waals surface area contributed by atoms with Crippen molar-refractivity contribution in [1.82, 2.24) is 4.98 Å². The van der Waals surface area contributed by atoms with Crippen LogP contribution in [0.2, 0.25) is 0 Å². The Morgan fingerprint density at radius 2 is 1.71 bits per heavy atom. The van der Waals surface area contributed by atoms with E-state index in [4.69, 9.17) is 20.3 Å². The fourth-order valence-electron chi connectivity index (χ4n) is 4.70. The van der Waals surface area contributed by atoms with Gasteiger partial charge < -0.3 is 30.5 Å². The Bertz CT molecular complexity index is 949. The molecular weight excluding hydrogens is 492 g/mol. The molecular formula is C28H42N2O8. The van der Waals surface area contributed by atoms with Crippen LogP contribution in [-0.4, -0.2) is 57.0 Å². The third kappa shape index (κ3) is 9.72. The van der Waals surface area contributed by atoms with Gasteiger partial charge in [-0.3, -0.25) is 14.6 Å². The van der Waals surface area contributed by atoms with E-state index in [1.165, 1.54) is 44.7 Å². The predicted molar refractivity (Wildman–Crippen MR) is 140 cm³/mol. The number of esters is 2. The number of nitrogens with zero attached hydrogens (tertiary/aromatic N) is 1. The van der Waals surface area contributed by atoms with Crippen LogP contribution in [0.25, 0.3) is 0 Å². The molecule has 3 atom stereocenters. The van der Waals surface area contributed by atoms with Crippen LogP contribution >= 0.6 is 0 Å². The molecule has 0 radical (unpaired) electrons. The van der Waals surface area contributed by atoms with Crippen LogP contribution in [0.4, 0.5) is 0 Å². The van der Waals surface area contributed by atoms with Crippen molar-refractivity contribution in [1.29, 1.82) is 0 Å². The van der Waals surface area contributed by atoms with Crippen LogP contribution in [0.3, 0.4) is 0 Å². The number of aliphatic hydroxyl groups is 3. The summed E-state index contributed by atoms with van der Waals surface area (Å²) in [6.07, 6.45) is 12.6. The Morgan fingerprint density at radius 3 is 2.34 bits per heavy atom. The largest absolute Gasteiger partial charge is 0.499 e. The van der Waals surface area contributed by atoms with Crippen molar-refractivity contribution in [2.75, 3.05) is 6.61 Å². The van der Waals surface area contributed by atoms with Gasteiger partial charge in [-0.15, -0.1) is 0 Å². The monoisotopic (exact) mass is 534 g/mol. The van der Waals surface area contributed by atoms with Crippen molar-refractivity contribution in [2.24, 2.45) is 5.73 Å². The number of pyridine rings is 1. The summed E-state index contributed by atoms with van der Waals surface area (Å²) in [5, 5.41) is 28.7. The first-order valence-electron chi connectivity index (χ1n) is 13.7. The average molecular weight is 535 g/mol. The van der Waals surface area contributed by atoms with Crippen molar-refractivity contribution >= 4 is 17.8 Å². The number of rotatable bonds is 19. The van der Waals surface area contributed by atoms with Gasteiger partial charge in [0.15, 0.2) is 6.10 Å². The fourth-order valence-corrected chi connectivity index (χ4v) is 4.70. The highest BCUT2D eigenvalue weighted by molar-refractivity contribution is 5.94. The topological polar surface area (TPSA) is 169 Å². The van der Waals surface area contributed by atoms with Gasteiger partial charge >= 0.3 is 11.9 Å². The summed E-state index contributed by atoms with van der Waals surface area (Å²) < 4.78 is 9.87. The van der Waals surface area contributed by atoms with Crippen LogP contribution in [0.15, 0.2) is 30.0 Å². The highest BCUT2D eigenvalue weighted by atomic mass is 16.6. The van der Waals surface area contributed by atoms with Crippen molar-refractivity contribution in [3.63, 3.8) is 0 Å². The molecule has 0 bridgehead atoms.